The lowest BCUT2D eigenvalue weighted by atomic mass is 10.1. The zero-order valence-electron chi connectivity index (χ0n) is 12.7. The molecule has 4 nitrogen and oxygen atoms in total. The molecule has 0 saturated heterocycles. The summed E-state index contributed by atoms with van der Waals surface area (Å²) in [6.07, 6.45) is 3.51. The van der Waals surface area contributed by atoms with Crippen LogP contribution in [0.2, 0.25) is 0 Å². The average Bonchev–Trinajstić information content (AvgIpc) is 3.26. The highest BCUT2D eigenvalue weighted by Gasteiger charge is 2.22. The highest BCUT2D eigenvalue weighted by molar-refractivity contribution is 5.80. The SMILES string of the molecule is CCCOc1cc(C)ccc1CNC(=NC)NC1CC1. The Labute approximate surface area is 121 Å². The molecule has 1 saturated carbocycles. The number of hydrogen-bond acceptors (Lipinski definition) is 2. The van der Waals surface area contributed by atoms with Gasteiger partial charge < -0.3 is 15.4 Å². The van der Waals surface area contributed by atoms with Gasteiger partial charge in [-0.3, -0.25) is 4.99 Å². The molecule has 4 heteroatoms. The molecule has 0 radical (unpaired) electrons. The van der Waals surface area contributed by atoms with Crippen LogP contribution < -0.4 is 15.4 Å². The second-order valence-corrected chi connectivity index (χ2v) is 5.30. The van der Waals surface area contributed by atoms with Crippen LogP contribution in [0.25, 0.3) is 0 Å². The molecule has 110 valence electrons. The number of rotatable bonds is 6. The molecule has 0 aliphatic heterocycles. The van der Waals surface area contributed by atoms with Crippen LogP contribution >= 0.6 is 0 Å². The third-order valence-corrected chi connectivity index (χ3v) is 3.27. The lowest BCUT2D eigenvalue weighted by Crippen LogP contribution is -2.38. The fourth-order valence-electron chi connectivity index (χ4n) is 1.95. The standard InChI is InChI=1S/C16H25N3O/c1-4-9-20-15-10-12(2)5-6-13(15)11-18-16(17-3)19-14-7-8-14/h5-6,10,14H,4,7-9,11H2,1-3H3,(H2,17,18,19). The van der Waals surface area contributed by atoms with Crippen molar-refractivity contribution < 1.29 is 4.74 Å². The van der Waals surface area contributed by atoms with E-state index in [1.165, 1.54) is 24.0 Å². The van der Waals surface area contributed by atoms with Crippen molar-refractivity contribution in [3.8, 4) is 5.75 Å². The molecular formula is C16H25N3O. The van der Waals surface area contributed by atoms with E-state index in [1.54, 1.807) is 7.05 Å². The van der Waals surface area contributed by atoms with Crippen LogP contribution in [0.15, 0.2) is 23.2 Å². The third kappa shape index (κ3) is 4.44. The Morgan fingerprint density at radius 3 is 2.85 bits per heavy atom. The van der Waals surface area contributed by atoms with Crippen molar-refractivity contribution in [1.29, 1.82) is 0 Å². The van der Waals surface area contributed by atoms with Crippen molar-refractivity contribution in [3.63, 3.8) is 0 Å². The minimum atomic E-state index is 0.607. The number of nitrogens with zero attached hydrogens (tertiary/aromatic N) is 1. The molecule has 1 aromatic carbocycles. The predicted octanol–water partition coefficient (Wildman–Crippen LogP) is 2.61. The van der Waals surface area contributed by atoms with E-state index in [1.807, 2.05) is 0 Å². The van der Waals surface area contributed by atoms with Crippen LogP contribution in [0.1, 0.15) is 37.3 Å². The number of hydrogen-bond donors (Lipinski definition) is 2. The lowest BCUT2D eigenvalue weighted by Gasteiger charge is -2.15. The third-order valence-electron chi connectivity index (χ3n) is 3.27. The average molecular weight is 275 g/mol. The normalized spacial score (nSPS) is 15.1. The maximum absolute atomic E-state index is 5.83. The van der Waals surface area contributed by atoms with Gasteiger partial charge in [-0.1, -0.05) is 19.1 Å². The first kappa shape index (κ1) is 14.7. The van der Waals surface area contributed by atoms with E-state index in [2.05, 4.69) is 47.7 Å². The summed E-state index contributed by atoms with van der Waals surface area (Å²) in [5, 5.41) is 6.74. The van der Waals surface area contributed by atoms with E-state index in [0.29, 0.717) is 6.04 Å². The quantitative estimate of drug-likeness (QED) is 0.619. The molecule has 0 unspecified atom stereocenters. The van der Waals surface area contributed by atoms with Crippen LogP contribution in [0, 0.1) is 6.92 Å². The zero-order valence-corrected chi connectivity index (χ0v) is 12.7. The van der Waals surface area contributed by atoms with Crippen LogP contribution in [-0.2, 0) is 6.54 Å². The second-order valence-electron chi connectivity index (χ2n) is 5.30. The van der Waals surface area contributed by atoms with Crippen LogP contribution in [0.4, 0.5) is 0 Å². The Hall–Kier alpha value is -1.71. The Morgan fingerprint density at radius 2 is 2.20 bits per heavy atom. The van der Waals surface area contributed by atoms with E-state index >= 15 is 0 Å². The summed E-state index contributed by atoms with van der Waals surface area (Å²) in [7, 11) is 1.81. The zero-order chi connectivity index (χ0) is 14.4. The van der Waals surface area contributed by atoms with Crippen LogP contribution in [0.3, 0.4) is 0 Å². The fraction of sp³-hybridized carbons (Fsp3) is 0.562. The molecule has 0 atom stereocenters. The van der Waals surface area contributed by atoms with Crippen molar-refractivity contribution in [2.24, 2.45) is 4.99 Å². The summed E-state index contributed by atoms with van der Waals surface area (Å²) in [5.41, 5.74) is 2.39. The number of benzene rings is 1. The lowest BCUT2D eigenvalue weighted by molar-refractivity contribution is 0.313. The Morgan fingerprint density at radius 1 is 1.40 bits per heavy atom. The van der Waals surface area contributed by atoms with Crippen LogP contribution in [0.5, 0.6) is 5.75 Å². The first-order chi connectivity index (χ1) is 9.72. The molecule has 0 spiro atoms. The summed E-state index contributed by atoms with van der Waals surface area (Å²) in [4.78, 5) is 4.25. The monoisotopic (exact) mass is 275 g/mol. The summed E-state index contributed by atoms with van der Waals surface area (Å²) in [6, 6.07) is 6.95. The van der Waals surface area contributed by atoms with Crippen molar-refractivity contribution in [1.82, 2.24) is 10.6 Å². The van der Waals surface area contributed by atoms with E-state index < -0.39 is 0 Å². The van der Waals surface area contributed by atoms with Gasteiger partial charge in [0.25, 0.3) is 0 Å². The van der Waals surface area contributed by atoms with Gasteiger partial charge in [0.1, 0.15) is 5.75 Å². The first-order valence-corrected chi connectivity index (χ1v) is 7.42. The molecule has 1 aliphatic carbocycles. The Balaban J connectivity index is 1.96. The molecule has 1 fully saturated rings. The first-order valence-electron chi connectivity index (χ1n) is 7.42. The maximum atomic E-state index is 5.83. The molecule has 0 amide bonds. The smallest absolute Gasteiger partial charge is 0.191 e. The van der Waals surface area contributed by atoms with Gasteiger partial charge in [-0.15, -0.1) is 0 Å². The minimum Gasteiger partial charge on any atom is -0.493 e. The number of aryl methyl sites for hydroxylation is 1. The number of ether oxygens (including phenoxy) is 1. The highest BCUT2D eigenvalue weighted by Crippen LogP contribution is 2.21. The van der Waals surface area contributed by atoms with E-state index in [4.69, 9.17) is 4.74 Å². The molecule has 2 N–H and O–H groups in total. The van der Waals surface area contributed by atoms with Gasteiger partial charge in [0.2, 0.25) is 0 Å². The summed E-state index contributed by atoms with van der Waals surface area (Å²) >= 11 is 0. The van der Waals surface area contributed by atoms with E-state index in [9.17, 15) is 0 Å². The summed E-state index contributed by atoms with van der Waals surface area (Å²) in [5.74, 6) is 1.84. The van der Waals surface area contributed by atoms with Gasteiger partial charge >= 0.3 is 0 Å². The van der Waals surface area contributed by atoms with E-state index in [-0.39, 0.29) is 0 Å². The van der Waals surface area contributed by atoms with Gasteiger partial charge in [-0.05, 0) is 37.8 Å². The molecule has 0 heterocycles. The van der Waals surface area contributed by atoms with Crippen molar-refractivity contribution in [2.45, 2.75) is 45.7 Å². The van der Waals surface area contributed by atoms with E-state index in [0.717, 1.165) is 31.3 Å². The van der Waals surface area contributed by atoms with Crippen molar-refractivity contribution in [3.05, 3.63) is 29.3 Å². The number of aliphatic imine (C=N–C) groups is 1. The number of nitrogens with one attached hydrogen (secondary N) is 2. The highest BCUT2D eigenvalue weighted by atomic mass is 16.5. The van der Waals surface area contributed by atoms with Gasteiger partial charge in [0.05, 0.1) is 6.61 Å². The Bertz CT molecular complexity index is 467. The van der Waals surface area contributed by atoms with Gasteiger partial charge in [-0.2, -0.15) is 0 Å². The molecule has 0 bridgehead atoms. The molecule has 2 rings (SSSR count). The topological polar surface area (TPSA) is 45.6 Å². The Kier molecular flexibility index (Phi) is 5.27. The van der Waals surface area contributed by atoms with Crippen LogP contribution in [-0.4, -0.2) is 25.7 Å². The van der Waals surface area contributed by atoms with Gasteiger partial charge in [0.15, 0.2) is 5.96 Å². The molecule has 0 aromatic heterocycles. The summed E-state index contributed by atoms with van der Waals surface area (Å²) < 4.78 is 5.83. The summed E-state index contributed by atoms with van der Waals surface area (Å²) in [6.45, 7) is 5.69. The minimum absolute atomic E-state index is 0.607. The molecule has 20 heavy (non-hydrogen) atoms. The molecule has 1 aliphatic rings. The van der Waals surface area contributed by atoms with Gasteiger partial charge in [-0.25, -0.2) is 0 Å². The molecule has 1 aromatic rings. The maximum Gasteiger partial charge on any atom is 0.191 e. The largest absolute Gasteiger partial charge is 0.493 e. The number of guanidine groups is 1. The van der Waals surface area contributed by atoms with Crippen molar-refractivity contribution >= 4 is 5.96 Å². The predicted molar refractivity (Wildman–Crippen MR) is 83.3 cm³/mol. The van der Waals surface area contributed by atoms with Crippen molar-refractivity contribution in [2.75, 3.05) is 13.7 Å². The molecular weight excluding hydrogens is 250 g/mol. The fourth-order valence-corrected chi connectivity index (χ4v) is 1.95. The van der Waals surface area contributed by atoms with Gasteiger partial charge in [0, 0.05) is 25.2 Å². The second kappa shape index (κ2) is 7.17.